The largest absolute Gasteiger partial charge is 0.508 e. The minimum absolute atomic E-state index is 0.148. The van der Waals surface area contributed by atoms with Crippen LogP contribution in [0.5, 0.6) is 5.75 Å². The maximum atomic E-state index is 9.33. The molecule has 84 valence electrons. The van der Waals surface area contributed by atoms with E-state index >= 15 is 0 Å². The van der Waals surface area contributed by atoms with Gasteiger partial charge in [0, 0.05) is 12.3 Å². The summed E-state index contributed by atoms with van der Waals surface area (Å²) < 4.78 is 5.52. The van der Waals surface area contributed by atoms with E-state index in [9.17, 15) is 5.11 Å². The number of aromatic nitrogens is 2. The Morgan fingerprint density at radius 2 is 2.06 bits per heavy atom. The van der Waals surface area contributed by atoms with Crippen LogP contribution >= 0.6 is 11.6 Å². The summed E-state index contributed by atoms with van der Waals surface area (Å²) in [4.78, 5) is 8.25. The molecule has 0 aliphatic carbocycles. The lowest BCUT2D eigenvalue weighted by Crippen LogP contribution is -1.79. The molecule has 1 N–H and O–H groups in total. The lowest BCUT2D eigenvalue weighted by molar-refractivity contribution is 0.474. The first-order valence-electron chi connectivity index (χ1n) is 4.94. The molecule has 0 saturated carbocycles. The van der Waals surface area contributed by atoms with Gasteiger partial charge in [0.1, 0.15) is 16.4 Å². The Kier molecular flexibility index (Phi) is 2.23. The topological polar surface area (TPSA) is 59.2 Å². The number of aromatic hydroxyl groups is 1. The van der Waals surface area contributed by atoms with E-state index in [2.05, 4.69) is 9.97 Å². The summed E-state index contributed by atoms with van der Waals surface area (Å²) >= 11 is 5.70. The van der Waals surface area contributed by atoms with Crippen LogP contribution in [0, 0.1) is 0 Å². The molecule has 0 radical (unpaired) electrons. The highest BCUT2D eigenvalue weighted by molar-refractivity contribution is 6.29. The zero-order valence-corrected chi connectivity index (χ0v) is 9.35. The first kappa shape index (κ1) is 10.1. The number of rotatable bonds is 1. The molecule has 0 amide bonds. The number of nitrogens with zero attached hydrogens (tertiary/aromatic N) is 2. The summed E-state index contributed by atoms with van der Waals surface area (Å²) in [6, 6.07) is 8.23. The molecular formula is C12H7ClN2O2. The number of hydrogen-bond donors (Lipinski definition) is 1. The van der Waals surface area contributed by atoms with Crippen molar-refractivity contribution in [2.24, 2.45) is 0 Å². The molecule has 3 rings (SSSR count). The van der Waals surface area contributed by atoms with Gasteiger partial charge in [-0.1, -0.05) is 11.6 Å². The van der Waals surface area contributed by atoms with Crippen LogP contribution in [0.25, 0.3) is 22.6 Å². The lowest BCUT2D eigenvalue weighted by atomic mass is 10.3. The normalized spacial score (nSPS) is 10.9. The van der Waals surface area contributed by atoms with Crippen molar-refractivity contribution in [2.75, 3.05) is 0 Å². The second kappa shape index (κ2) is 3.75. The standard InChI is InChI=1S/C12H7ClN2O2/c13-11-4-1-7(6-14-11)12-15-9-3-2-8(16)5-10(9)17-12/h1-6,16H. The molecule has 17 heavy (non-hydrogen) atoms. The summed E-state index contributed by atoms with van der Waals surface area (Å²) in [6.45, 7) is 0. The minimum Gasteiger partial charge on any atom is -0.508 e. The molecule has 0 unspecified atom stereocenters. The molecular weight excluding hydrogens is 240 g/mol. The maximum Gasteiger partial charge on any atom is 0.228 e. The van der Waals surface area contributed by atoms with E-state index in [0.717, 1.165) is 5.56 Å². The Hall–Kier alpha value is -2.07. The van der Waals surface area contributed by atoms with Crippen LogP contribution in [0.15, 0.2) is 40.9 Å². The van der Waals surface area contributed by atoms with Crippen molar-refractivity contribution >= 4 is 22.7 Å². The van der Waals surface area contributed by atoms with Gasteiger partial charge in [-0.05, 0) is 24.3 Å². The molecule has 0 spiro atoms. The van der Waals surface area contributed by atoms with E-state index in [1.54, 1.807) is 30.5 Å². The van der Waals surface area contributed by atoms with Crippen molar-refractivity contribution in [1.82, 2.24) is 9.97 Å². The predicted octanol–water partition coefficient (Wildman–Crippen LogP) is 3.25. The fourth-order valence-corrected chi connectivity index (χ4v) is 1.65. The van der Waals surface area contributed by atoms with E-state index in [1.807, 2.05) is 0 Å². The molecule has 5 heteroatoms. The summed E-state index contributed by atoms with van der Waals surface area (Å²) in [7, 11) is 0. The third kappa shape index (κ3) is 1.83. The summed E-state index contributed by atoms with van der Waals surface area (Å²) in [5.74, 6) is 0.601. The summed E-state index contributed by atoms with van der Waals surface area (Å²) in [5.41, 5.74) is 1.97. The number of phenols is 1. The first-order chi connectivity index (χ1) is 8.22. The number of benzene rings is 1. The average Bonchev–Trinajstić information content (AvgIpc) is 2.72. The molecule has 2 heterocycles. The van der Waals surface area contributed by atoms with Gasteiger partial charge < -0.3 is 9.52 Å². The van der Waals surface area contributed by atoms with Crippen molar-refractivity contribution in [1.29, 1.82) is 0 Å². The molecule has 0 atom stereocenters. The Balaban J connectivity index is 2.14. The van der Waals surface area contributed by atoms with Crippen molar-refractivity contribution < 1.29 is 9.52 Å². The van der Waals surface area contributed by atoms with Crippen LogP contribution in [-0.2, 0) is 0 Å². The lowest BCUT2D eigenvalue weighted by Gasteiger charge is -1.93. The number of oxazole rings is 1. The van der Waals surface area contributed by atoms with Gasteiger partial charge in [0.15, 0.2) is 5.58 Å². The van der Waals surface area contributed by atoms with Crippen molar-refractivity contribution in [3.63, 3.8) is 0 Å². The van der Waals surface area contributed by atoms with E-state index in [0.29, 0.717) is 22.1 Å². The maximum absolute atomic E-state index is 9.33. The van der Waals surface area contributed by atoms with Gasteiger partial charge in [0.25, 0.3) is 0 Å². The Morgan fingerprint density at radius 3 is 2.82 bits per heavy atom. The highest BCUT2D eigenvalue weighted by Crippen LogP contribution is 2.26. The second-order valence-electron chi connectivity index (χ2n) is 3.54. The van der Waals surface area contributed by atoms with Gasteiger partial charge in [-0.3, -0.25) is 0 Å². The van der Waals surface area contributed by atoms with Crippen LogP contribution in [0.4, 0.5) is 0 Å². The smallest absolute Gasteiger partial charge is 0.228 e. The van der Waals surface area contributed by atoms with Crippen molar-refractivity contribution in [3.8, 4) is 17.2 Å². The number of phenolic OH excluding ortho intramolecular Hbond substituents is 1. The van der Waals surface area contributed by atoms with Gasteiger partial charge >= 0.3 is 0 Å². The average molecular weight is 247 g/mol. The fourth-order valence-electron chi connectivity index (χ4n) is 1.54. The monoisotopic (exact) mass is 246 g/mol. The van der Waals surface area contributed by atoms with Crippen LogP contribution in [0.2, 0.25) is 5.15 Å². The SMILES string of the molecule is Oc1ccc2nc(-c3ccc(Cl)nc3)oc2c1. The number of fused-ring (bicyclic) bond motifs is 1. The van der Waals surface area contributed by atoms with E-state index in [-0.39, 0.29) is 5.75 Å². The molecule has 0 aliphatic rings. The second-order valence-corrected chi connectivity index (χ2v) is 3.93. The van der Waals surface area contributed by atoms with Gasteiger partial charge in [-0.25, -0.2) is 9.97 Å². The molecule has 0 fully saturated rings. The van der Waals surface area contributed by atoms with Gasteiger partial charge in [-0.15, -0.1) is 0 Å². The van der Waals surface area contributed by atoms with Crippen LogP contribution in [-0.4, -0.2) is 15.1 Å². The third-order valence-electron chi connectivity index (χ3n) is 2.35. The fraction of sp³-hybridized carbons (Fsp3) is 0. The molecule has 4 nitrogen and oxygen atoms in total. The number of hydrogen-bond acceptors (Lipinski definition) is 4. The van der Waals surface area contributed by atoms with Crippen LogP contribution in [0.3, 0.4) is 0 Å². The third-order valence-corrected chi connectivity index (χ3v) is 2.57. The highest BCUT2D eigenvalue weighted by atomic mass is 35.5. The van der Waals surface area contributed by atoms with Crippen LogP contribution in [0.1, 0.15) is 0 Å². The first-order valence-corrected chi connectivity index (χ1v) is 5.32. The number of halogens is 1. The molecule has 3 aromatic rings. The van der Waals surface area contributed by atoms with E-state index in [4.69, 9.17) is 16.0 Å². The van der Waals surface area contributed by atoms with Crippen molar-refractivity contribution in [3.05, 3.63) is 41.7 Å². The molecule has 0 aliphatic heterocycles. The van der Waals surface area contributed by atoms with Crippen molar-refractivity contribution in [2.45, 2.75) is 0 Å². The van der Waals surface area contributed by atoms with Gasteiger partial charge in [-0.2, -0.15) is 0 Å². The van der Waals surface area contributed by atoms with Gasteiger partial charge in [0.05, 0.1) is 5.56 Å². The molecule has 0 bridgehead atoms. The molecule has 0 saturated heterocycles. The Labute approximate surface area is 102 Å². The number of pyridine rings is 1. The minimum atomic E-state index is 0.148. The highest BCUT2D eigenvalue weighted by Gasteiger charge is 2.08. The summed E-state index contributed by atoms with van der Waals surface area (Å²) in [6.07, 6.45) is 1.59. The zero-order chi connectivity index (χ0) is 11.8. The molecule has 1 aromatic carbocycles. The Bertz CT molecular complexity index is 677. The van der Waals surface area contributed by atoms with E-state index in [1.165, 1.54) is 6.07 Å². The Morgan fingerprint density at radius 1 is 1.18 bits per heavy atom. The van der Waals surface area contributed by atoms with E-state index < -0.39 is 0 Å². The van der Waals surface area contributed by atoms with Crippen LogP contribution < -0.4 is 0 Å². The molecule has 2 aromatic heterocycles. The van der Waals surface area contributed by atoms with Gasteiger partial charge in [0.2, 0.25) is 5.89 Å². The zero-order valence-electron chi connectivity index (χ0n) is 8.59. The predicted molar refractivity (Wildman–Crippen MR) is 63.9 cm³/mol. The quantitative estimate of drug-likeness (QED) is 0.670. The summed E-state index contributed by atoms with van der Waals surface area (Å²) in [5, 5.41) is 9.75.